The van der Waals surface area contributed by atoms with Crippen molar-refractivity contribution in [2.24, 2.45) is 17.8 Å². The van der Waals surface area contributed by atoms with E-state index in [-0.39, 0.29) is 12.0 Å². The Balaban J connectivity index is 1.80. The molecule has 2 saturated carbocycles. The van der Waals surface area contributed by atoms with Crippen LogP contribution in [0.25, 0.3) is 0 Å². The van der Waals surface area contributed by atoms with Crippen LogP contribution in [-0.2, 0) is 4.79 Å². The summed E-state index contributed by atoms with van der Waals surface area (Å²) < 4.78 is 0. The van der Waals surface area contributed by atoms with Crippen LogP contribution in [0.5, 0.6) is 0 Å². The predicted octanol–water partition coefficient (Wildman–Crippen LogP) is 1.03. The normalized spacial score (nSPS) is 35.7. The van der Waals surface area contributed by atoms with E-state index in [9.17, 15) is 9.90 Å². The Labute approximate surface area is 103 Å². The zero-order chi connectivity index (χ0) is 12.4. The highest BCUT2D eigenvalue weighted by Crippen LogP contribution is 2.48. The van der Waals surface area contributed by atoms with Crippen LogP contribution in [-0.4, -0.2) is 49.2 Å². The molecule has 0 aromatic rings. The van der Waals surface area contributed by atoms with Gasteiger partial charge in [0.2, 0.25) is 0 Å². The summed E-state index contributed by atoms with van der Waals surface area (Å²) in [7, 11) is 4.13. The fourth-order valence-corrected chi connectivity index (χ4v) is 3.60. The molecule has 0 aliphatic heterocycles. The van der Waals surface area contributed by atoms with Gasteiger partial charge in [0.25, 0.3) is 0 Å². The van der Waals surface area contributed by atoms with E-state index in [1.807, 2.05) is 0 Å². The molecule has 4 heteroatoms. The third-order valence-electron chi connectivity index (χ3n) is 4.36. The number of carboxylic acid groups (broad SMARTS) is 1. The molecule has 0 saturated heterocycles. The van der Waals surface area contributed by atoms with Crippen LogP contribution in [0.4, 0.5) is 0 Å². The van der Waals surface area contributed by atoms with Crippen LogP contribution < -0.4 is 5.32 Å². The maximum Gasteiger partial charge on any atom is 0.308 e. The molecule has 4 atom stereocenters. The molecule has 2 fully saturated rings. The Hall–Kier alpha value is -0.610. The number of aliphatic carboxylic acids is 1. The quantitative estimate of drug-likeness (QED) is 0.681. The van der Waals surface area contributed by atoms with Crippen molar-refractivity contribution in [3.8, 4) is 0 Å². The molecule has 2 aliphatic carbocycles. The lowest BCUT2D eigenvalue weighted by Crippen LogP contribution is -2.44. The smallest absolute Gasteiger partial charge is 0.308 e. The first-order valence-electron chi connectivity index (χ1n) is 6.70. The van der Waals surface area contributed by atoms with Crippen molar-refractivity contribution in [1.82, 2.24) is 10.2 Å². The highest BCUT2D eigenvalue weighted by Gasteiger charge is 2.50. The zero-order valence-corrected chi connectivity index (χ0v) is 10.9. The molecular formula is C13H24N2O2. The van der Waals surface area contributed by atoms with E-state index in [1.54, 1.807) is 0 Å². The van der Waals surface area contributed by atoms with E-state index in [0.29, 0.717) is 11.8 Å². The Bertz CT molecular complexity index is 281. The van der Waals surface area contributed by atoms with E-state index in [2.05, 4.69) is 24.3 Å². The van der Waals surface area contributed by atoms with Gasteiger partial charge in [0.15, 0.2) is 0 Å². The van der Waals surface area contributed by atoms with Crippen LogP contribution in [0.2, 0.25) is 0 Å². The van der Waals surface area contributed by atoms with Crippen molar-refractivity contribution < 1.29 is 9.90 Å². The van der Waals surface area contributed by atoms with E-state index in [4.69, 9.17) is 0 Å². The highest BCUT2D eigenvalue weighted by atomic mass is 16.4. The van der Waals surface area contributed by atoms with Crippen LogP contribution >= 0.6 is 0 Å². The topological polar surface area (TPSA) is 52.6 Å². The van der Waals surface area contributed by atoms with Gasteiger partial charge in [-0.15, -0.1) is 0 Å². The lowest BCUT2D eigenvalue weighted by atomic mass is 9.84. The Kier molecular flexibility index (Phi) is 4.05. The predicted molar refractivity (Wildman–Crippen MR) is 66.9 cm³/mol. The summed E-state index contributed by atoms with van der Waals surface area (Å²) in [6, 6.07) is 0.230. The number of carbonyl (C=O) groups is 1. The second-order valence-corrected chi connectivity index (χ2v) is 5.83. The molecular weight excluding hydrogens is 216 g/mol. The summed E-state index contributed by atoms with van der Waals surface area (Å²) in [6.45, 7) is 2.00. The maximum absolute atomic E-state index is 11.3. The first-order valence-corrected chi connectivity index (χ1v) is 6.70. The van der Waals surface area contributed by atoms with Gasteiger partial charge in [-0.05, 0) is 64.7 Å². The molecule has 2 N–H and O–H groups in total. The molecule has 4 nitrogen and oxygen atoms in total. The molecule has 0 amide bonds. The molecule has 0 heterocycles. The molecule has 4 unspecified atom stereocenters. The van der Waals surface area contributed by atoms with Gasteiger partial charge >= 0.3 is 5.97 Å². The van der Waals surface area contributed by atoms with Gasteiger partial charge in [-0.25, -0.2) is 0 Å². The fraction of sp³-hybridized carbons (Fsp3) is 0.923. The van der Waals surface area contributed by atoms with Crippen molar-refractivity contribution >= 4 is 5.97 Å². The molecule has 2 aliphatic rings. The molecule has 98 valence electrons. The average molecular weight is 240 g/mol. The molecule has 0 radical (unpaired) electrons. The molecule has 0 aromatic carbocycles. The molecule has 2 bridgehead atoms. The van der Waals surface area contributed by atoms with Crippen molar-refractivity contribution in [3.63, 3.8) is 0 Å². The van der Waals surface area contributed by atoms with E-state index < -0.39 is 5.97 Å². The van der Waals surface area contributed by atoms with Gasteiger partial charge in [0.1, 0.15) is 0 Å². The van der Waals surface area contributed by atoms with Gasteiger partial charge in [-0.2, -0.15) is 0 Å². The SMILES string of the molecule is CN(C)CCCNC1C2CCC(C2)C1C(=O)O. The Morgan fingerprint density at radius 3 is 2.71 bits per heavy atom. The van der Waals surface area contributed by atoms with Crippen molar-refractivity contribution in [3.05, 3.63) is 0 Å². The van der Waals surface area contributed by atoms with Gasteiger partial charge < -0.3 is 15.3 Å². The summed E-state index contributed by atoms with van der Waals surface area (Å²) in [5.74, 6) is 0.319. The maximum atomic E-state index is 11.3. The summed E-state index contributed by atoms with van der Waals surface area (Å²) in [5, 5.41) is 12.8. The summed E-state index contributed by atoms with van der Waals surface area (Å²) in [6.07, 6.45) is 4.56. The minimum atomic E-state index is -0.595. The lowest BCUT2D eigenvalue weighted by molar-refractivity contribution is -0.144. The van der Waals surface area contributed by atoms with Crippen molar-refractivity contribution in [1.29, 1.82) is 0 Å². The van der Waals surface area contributed by atoms with Gasteiger partial charge in [-0.3, -0.25) is 4.79 Å². The standard InChI is InChI=1S/C13H24N2O2/c1-15(2)7-3-6-14-12-10-5-4-9(8-10)11(12)13(16)17/h9-12,14H,3-8H2,1-2H3,(H,16,17). The number of carboxylic acids is 1. The van der Waals surface area contributed by atoms with Gasteiger partial charge in [0, 0.05) is 6.04 Å². The largest absolute Gasteiger partial charge is 0.481 e. The van der Waals surface area contributed by atoms with Crippen LogP contribution in [0.3, 0.4) is 0 Å². The van der Waals surface area contributed by atoms with E-state index >= 15 is 0 Å². The summed E-state index contributed by atoms with van der Waals surface area (Å²) in [4.78, 5) is 13.5. The number of hydrogen-bond donors (Lipinski definition) is 2. The van der Waals surface area contributed by atoms with Gasteiger partial charge in [-0.1, -0.05) is 0 Å². The first kappa shape index (κ1) is 12.8. The zero-order valence-electron chi connectivity index (χ0n) is 10.9. The monoisotopic (exact) mass is 240 g/mol. The number of nitrogens with zero attached hydrogens (tertiary/aromatic N) is 1. The number of nitrogens with one attached hydrogen (secondary N) is 1. The van der Waals surface area contributed by atoms with Crippen molar-refractivity contribution in [2.45, 2.75) is 31.7 Å². The summed E-state index contributed by atoms with van der Waals surface area (Å²) >= 11 is 0. The van der Waals surface area contributed by atoms with Crippen molar-refractivity contribution in [2.75, 3.05) is 27.2 Å². The minimum Gasteiger partial charge on any atom is -0.481 e. The lowest BCUT2D eigenvalue weighted by Gasteiger charge is -2.29. The van der Waals surface area contributed by atoms with E-state index in [1.165, 1.54) is 6.42 Å². The molecule has 0 spiro atoms. The fourth-order valence-electron chi connectivity index (χ4n) is 3.60. The molecule has 2 rings (SSSR count). The van der Waals surface area contributed by atoms with E-state index in [0.717, 1.165) is 32.4 Å². The second-order valence-electron chi connectivity index (χ2n) is 5.83. The molecule has 17 heavy (non-hydrogen) atoms. The van der Waals surface area contributed by atoms with Gasteiger partial charge in [0.05, 0.1) is 5.92 Å². The van der Waals surface area contributed by atoms with Crippen LogP contribution in [0, 0.1) is 17.8 Å². The molecule has 0 aromatic heterocycles. The number of hydrogen-bond acceptors (Lipinski definition) is 3. The Morgan fingerprint density at radius 1 is 1.35 bits per heavy atom. The average Bonchev–Trinajstić information content (AvgIpc) is 2.83. The first-order chi connectivity index (χ1) is 8.09. The third kappa shape index (κ3) is 2.80. The number of fused-ring (bicyclic) bond motifs is 2. The summed E-state index contributed by atoms with van der Waals surface area (Å²) in [5.41, 5.74) is 0. The number of rotatable bonds is 6. The minimum absolute atomic E-state index is 0.131. The van der Waals surface area contributed by atoms with Crippen LogP contribution in [0.15, 0.2) is 0 Å². The third-order valence-corrected chi connectivity index (χ3v) is 4.36. The highest BCUT2D eigenvalue weighted by molar-refractivity contribution is 5.72. The second kappa shape index (κ2) is 5.36. The Morgan fingerprint density at radius 2 is 2.06 bits per heavy atom. The van der Waals surface area contributed by atoms with Crippen LogP contribution in [0.1, 0.15) is 25.7 Å².